The van der Waals surface area contributed by atoms with Gasteiger partial charge in [-0.1, -0.05) is 91.0 Å². The smallest absolute Gasteiger partial charge is 0.162 e. The van der Waals surface area contributed by atoms with E-state index in [4.69, 9.17) is 0 Å². The lowest BCUT2D eigenvalue weighted by atomic mass is 9.77. The van der Waals surface area contributed by atoms with E-state index in [0.717, 1.165) is 16.7 Å². The molecule has 0 bridgehead atoms. The molecule has 0 saturated carbocycles. The Morgan fingerprint density at radius 2 is 0.846 bits per heavy atom. The first kappa shape index (κ1) is 17.2. The Morgan fingerprint density at radius 1 is 0.538 bits per heavy atom. The number of nitrogens with zero attached hydrogens (tertiary/aromatic N) is 3. The minimum absolute atomic E-state index is 0.671. The molecule has 0 atom stereocenters. The monoisotopic (exact) mass is 467 g/mol. The molecule has 0 aliphatic carbocycles. The standard InChI is InChI=1S/C21H15Br2N3/c22-19-20(23)25-26(24-19)21(16-10-4-1-5-11-16,17-12-6-2-7-13-17)18-14-8-3-9-15-18/h1-15H. The lowest BCUT2D eigenvalue weighted by Gasteiger charge is -2.34. The maximum absolute atomic E-state index is 4.69. The summed E-state index contributed by atoms with van der Waals surface area (Å²) in [6, 6.07) is 31.0. The van der Waals surface area contributed by atoms with Gasteiger partial charge in [0.05, 0.1) is 0 Å². The molecule has 0 N–H and O–H groups in total. The summed E-state index contributed by atoms with van der Waals surface area (Å²) < 4.78 is 1.34. The van der Waals surface area contributed by atoms with Gasteiger partial charge in [-0.25, -0.2) is 0 Å². The highest BCUT2D eigenvalue weighted by Crippen LogP contribution is 2.40. The molecule has 0 radical (unpaired) electrons. The number of benzene rings is 3. The van der Waals surface area contributed by atoms with E-state index in [1.165, 1.54) is 0 Å². The molecule has 128 valence electrons. The van der Waals surface area contributed by atoms with Crippen molar-refractivity contribution in [2.45, 2.75) is 5.54 Å². The highest BCUT2D eigenvalue weighted by Gasteiger charge is 2.41. The molecule has 0 aliphatic rings. The summed E-state index contributed by atoms with van der Waals surface area (Å²) in [7, 11) is 0. The van der Waals surface area contributed by atoms with Crippen LogP contribution in [0.4, 0.5) is 0 Å². The van der Waals surface area contributed by atoms with Crippen LogP contribution in [0.2, 0.25) is 0 Å². The molecule has 1 aromatic heterocycles. The largest absolute Gasteiger partial charge is 0.163 e. The van der Waals surface area contributed by atoms with E-state index in [-0.39, 0.29) is 0 Å². The molecular formula is C21H15Br2N3. The zero-order valence-corrected chi connectivity index (χ0v) is 16.9. The molecule has 4 aromatic rings. The topological polar surface area (TPSA) is 30.7 Å². The van der Waals surface area contributed by atoms with E-state index in [0.29, 0.717) is 9.21 Å². The summed E-state index contributed by atoms with van der Waals surface area (Å²) in [5.74, 6) is 0. The van der Waals surface area contributed by atoms with Crippen LogP contribution in [0.25, 0.3) is 0 Å². The molecule has 0 spiro atoms. The maximum Gasteiger partial charge on any atom is 0.162 e. The van der Waals surface area contributed by atoms with Crippen LogP contribution in [-0.4, -0.2) is 15.0 Å². The molecule has 0 fully saturated rings. The second-order valence-electron chi connectivity index (χ2n) is 5.88. The van der Waals surface area contributed by atoms with Crippen LogP contribution in [0.1, 0.15) is 16.7 Å². The van der Waals surface area contributed by atoms with Crippen molar-refractivity contribution in [3.05, 3.63) is 117 Å². The summed E-state index contributed by atoms with van der Waals surface area (Å²) in [5.41, 5.74) is 2.59. The Balaban J connectivity index is 2.14. The molecule has 0 saturated heterocycles. The molecule has 5 heteroatoms. The van der Waals surface area contributed by atoms with Gasteiger partial charge in [0, 0.05) is 0 Å². The average molecular weight is 469 g/mol. The third-order valence-electron chi connectivity index (χ3n) is 4.41. The molecule has 3 nitrogen and oxygen atoms in total. The number of halogens is 2. The number of rotatable bonds is 4. The number of hydrogen-bond acceptors (Lipinski definition) is 2. The summed E-state index contributed by atoms with van der Waals surface area (Å²) in [6.45, 7) is 0. The minimum Gasteiger partial charge on any atom is -0.163 e. The fourth-order valence-electron chi connectivity index (χ4n) is 3.31. The summed E-state index contributed by atoms with van der Waals surface area (Å²) >= 11 is 6.97. The fourth-order valence-corrected chi connectivity index (χ4v) is 3.76. The van der Waals surface area contributed by atoms with Crippen LogP contribution in [0.3, 0.4) is 0 Å². The molecule has 0 aliphatic heterocycles. The number of hydrogen-bond donors (Lipinski definition) is 0. The first-order chi connectivity index (χ1) is 12.7. The number of aromatic nitrogens is 3. The highest BCUT2D eigenvalue weighted by molar-refractivity contribution is 9.13. The van der Waals surface area contributed by atoms with E-state index in [1.807, 2.05) is 54.6 Å². The van der Waals surface area contributed by atoms with Gasteiger partial charge in [0.15, 0.2) is 14.7 Å². The van der Waals surface area contributed by atoms with Crippen molar-refractivity contribution < 1.29 is 0 Å². The first-order valence-corrected chi connectivity index (χ1v) is 9.77. The van der Waals surface area contributed by atoms with Crippen molar-refractivity contribution in [1.29, 1.82) is 0 Å². The van der Waals surface area contributed by atoms with Crippen molar-refractivity contribution in [3.8, 4) is 0 Å². The molecule has 3 aromatic carbocycles. The summed E-state index contributed by atoms with van der Waals surface area (Å²) in [6.07, 6.45) is 0. The zero-order valence-electron chi connectivity index (χ0n) is 13.8. The Labute approximate surface area is 168 Å². The lowest BCUT2D eigenvalue weighted by Crippen LogP contribution is -2.39. The molecule has 0 unspecified atom stereocenters. The molecule has 0 amide bonds. The van der Waals surface area contributed by atoms with Gasteiger partial charge >= 0.3 is 0 Å². The SMILES string of the molecule is Brc1nn(C(c2ccccc2)(c2ccccc2)c2ccccc2)nc1Br. The van der Waals surface area contributed by atoms with Crippen molar-refractivity contribution >= 4 is 31.9 Å². The van der Waals surface area contributed by atoms with Gasteiger partial charge in [0.25, 0.3) is 0 Å². The van der Waals surface area contributed by atoms with Crippen LogP contribution in [0, 0.1) is 0 Å². The van der Waals surface area contributed by atoms with Crippen LogP contribution < -0.4 is 0 Å². The van der Waals surface area contributed by atoms with Gasteiger partial charge < -0.3 is 0 Å². The molecule has 1 heterocycles. The van der Waals surface area contributed by atoms with Crippen molar-refractivity contribution in [1.82, 2.24) is 15.0 Å². The van der Waals surface area contributed by atoms with E-state index in [9.17, 15) is 0 Å². The van der Waals surface area contributed by atoms with Gasteiger partial charge in [-0.2, -0.15) is 4.80 Å². The second-order valence-corrected chi connectivity index (χ2v) is 7.38. The Bertz CT molecular complexity index is 883. The van der Waals surface area contributed by atoms with Crippen molar-refractivity contribution in [2.24, 2.45) is 0 Å². The molecular weight excluding hydrogens is 454 g/mol. The van der Waals surface area contributed by atoms with Crippen molar-refractivity contribution in [2.75, 3.05) is 0 Å². The van der Waals surface area contributed by atoms with E-state index >= 15 is 0 Å². The van der Waals surface area contributed by atoms with Crippen LogP contribution >= 0.6 is 31.9 Å². The summed E-state index contributed by atoms with van der Waals surface area (Å²) in [4.78, 5) is 1.78. The quantitative estimate of drug-likeness (QED) is 0.362. The van der Waals surface area contributed by atoms with Gasteiger partial charge in [-0.15, -0.1) is 10.2 Å². The Hall–Kier alpha value is -2.24. The van der Waals surface area contributed by atoms with Gasteiger partial charge in [0.2, 0.25) is 0 Å². The normalized spacial score (nSPS) is 11.5. The first-order valence-electron chi connectivity index (χ1n) is 8.18. The minimum atomic E-state index is -0.682. The van der Waals surface area contributed by atoms with E-state index in [1.54, 1.807) is 4.80 Å². The van der Waals surface area contributed by atoms with Crippen LogP contribution in [-0.2, 0) is 5.54 Å². The fraction of sp³-hybridized carbons (Fsp3) is 0.0476. The summed E-state index contributed by atoms with van der Waals surface area (Å²) in [5, 5.41) is 9.37. The predicted octanol–water partition coefficient (Wildman–Crippen LogP) is 5.64. The van der Waals surface area contributed by atoms with E-state index < -0.39 is 5.54 Å². The molecule has 4 rings (SSSR count). The molecule has 26 heavy (non-hydrogen) atoms. The second kappa shape index (κ2) is 7.17. The third kappa shape index (κ3) is 2.81. The predicted molar refractivity (Wildman–Crippen MR) is 110 cm³/mol. The van der Waals surface area contributed by atoms with Crippen LogP contribution in [0.15, 0.2) is 100 Å². The zero-order chi connectivity index (χ0) is 18.0. The Kier molecular flexibility index (Phi) is 4.74. The van der Waals surface area contributed by atoms with Gasteiger partial charge in [0.1, 0.15) is 0 Å². The van der Waals surface area contributed by atoms with E-state index in [2.05, 4.69) is 78.5 Å². The van der Waals surface area contributed by atoms with Crippen LogP contribution in [0.5, 0.6) is 0 Å². The maximum atomic E-state index is 4.69. The van der Waals surface area contributed by atoms with Gasteiger partial charge in [-0.3, -0.25) is 0 Å². The lowest BCUT2D eigenvalue weighted by molar-refractivity contribution is 0.402. The highest BCUT2D eigenvalue weighted by atomic mass is 79.9. The average Bonchev–Trinajstić information content (AvgIpc) is 3.04. The third-order valence-corrected chi connectivity index (χ3v) is 6.01. The van der Waals surface area contributed by atoms with Gasteiger partial charge in [-0.05, 0) is 48.6 Å². The van der Waals surface area contributed by atoms with Crippen molar-refractivity contribution in [3.63, 3.8) is 0 Å². The Morgan fingerprint density at radius 3 is 1.15 bits per heavy atom.